The normalized spacial score (nSPS) is 14.0. The lowest BCUT2D eigenvalue weighted by atomic mass is 10.2. The van der Waals surface area contributed by atoms with Gasteiger partial charge >= 0.3 is 18.5 Å². The van der Waals surface area contributed by atoms with E-state index in [-0.39, 0.29) is 0 Å². The molecule has 1 aromatic carbocycles. The number of benzene rings is 1. The van der Waals surface area contributed by atoms with Crippen LogP contribution in [0.15, 0.2) is 17.1 Å². The summed E-state index contributed by atoms with van der Waals surface area (Å²) in [6, 6.07) is 0.716. The third kappa shape index (κ3) is 4.14. The fourth-order valence-corrected chi connectivity index (χ4v) is 1.84. The minimum atomic E-state index is -4.79. The van der Waals surface area contributed by atoms with Crippen LogP contribution in [0.25, 0.3) is 0 Å². The zero-order chi connectivity index (χ0) is 16.6. The average molecular weight is 376 g/mol. The topological polar surface area (TPSA) is 12.4 Å². The number of hydrogen-bond donors (Lipinski definition) is 0. The molecule has 0 heterocycles. The Balaban J connectivity index is 3.34. The summed E-state index contributed by atoms with van der Waals surface area (Å²) in [5.41, 5.74) is -2.02. The lowest BCUT2D eigenvalue weighted by Crippen LogP contribution is -2.33. The average Bonchev–Trinajstić information content (AvgIpc) is 2.31. The van der Waals surface area contributed by atoms with Crippen LogP contribution in [0.1, 0.15) is 5.56 Å². The van der Waals surface area contributed by atoms with Crippen molar-refractivity contribution in [3.05, 3.63) is 27.7 Å². The molecule has 0 aromatic heterocycles. The van der Waals surface area contributed by atoms with E-state index in [0.717, 1.165) is 0 Å². The van der Waals surface area contributed by atoms with E-state index in [9.17, 15) is 30.7 Å². The minimum Gasteiger partial charge on any atom is -0.232 e. The number of rotatable bonds is 3. The number of halogens is 10. The molecule has 0 atom stereocenters. The number of hydrogen-bond acceptors (Lipinski definition) is 1. The summed E-state index contributed by atoms with van der Waals surface area (Å²) in [5, 5.41) is -3.38. The maximum atomic E-state index is 12.9. The Morgan fingerprint density at radius 1 is 1.00 bits per heavy atom. The van der Waals surface area contributed by atoms with Crippen LogP contribution in [0.4, 0.5) is 36.4 Å². The van der Waals surface area contributed by atoms with E-state index in [1.807, 2.05) is 0 Å². The first-order chi connectivity index (χ1) is 9.37. The molecule has 1 nitrogen and oxygen atoms in total. The molecular formula is C10H3Cl3F7N. The van der Waals surface area contributed by atoms with Crippen LogP contribution in [0, 0.1) is 0 Å². The van der Waals surface area contributed by atoms with Gasteiger partial charge in [0.1, 0.15) is 5.69 Å². The molecule has 0 saturated carbocycles. The molecule has 0 radical (unpaired) electrons. The number of alkyl halides is 7. The molecule has 0 spiro atoms. The summed E-state index contributed by atoms with van der Waals surface area (Å²) >= 11 is 15.8. The van der Waals surface area contributed by atoms with Crippen molar-refractivity contribution in [2.24, 2.45) is 4.99 Å². The second-order valence-electron chi connectivity index (χ2n) is 3.61. The first-order valence-electron chi connectivity index (χ1n) is 4.84. The maximum Gasteiger partial charge on any atom is 0.416 e. The van der Waals surface area contributed by atoms with E-state index in [1.54, 1.807) is 0 Å². The fraction of sp³-hybridized carbons (Fsp3) is 0.300. The predicted octanol–water partition coefficient (Wildman–Crippen LogP) is 6.18. The zero-order valence-corrected chi connectivity index (χ0v) is 11.7. The van der Waals surface area contributed by atoms with E-state index >= 15 is 0 Å². The van der Waals surface area contributed by atoms with Crippen LogP contribution in [-0.4, -0.2) is 17.5 Å². The smallest absolute Gasteiger partial charge is 0.232 e. The van der Waals surface area contributed by atoms with Gasteiger partial charge in [-0.25, -0.2) is 13.8 Å². The molecule has 21 heavy (non-hydrogen) atoms. The molecule has 1 rings (SSSR count). The summed E-state index contributed by atoms with van der Waals surface area (Å²) in [6.07, 6.45) is -8.94. The standard InChI is InChI=1S/C10H3Cl3F7N/c11-4-1-3(10(18,19)20)2-5(12)6(4)21-7(13)9(16,17)8(14)15/h1-2,8H. The first-order valence-corrected chi connectivity index (χ1v) is 5.97. The highest BCUT2D eigenvalue weighted by Crippen LogP contribution is 2.41. The second-order valence-corrected chi connectivity index (χ2v) is 4.78. The molecular weight excluding hydrogens is 373 g/mol. The van der Waals surface area contributed by atoms with Crippen LogP contribution >= 0.6 is 34.8 Å². The summed E-state index contributed by atoms with van der Waals surface area (Å²) < 4.78 is 87.2. The van der Waals surface area contributed by atoms with Crippen LogP contribution in [0.3, 0.4) is 0 Å². The third-order valence-corrected chi connectivity index (χ3v) is 3.02. The Morgan fingerprint density at radius 3 is 1.76 bits per heavy atom. The van der Waals surface area contributed by atoms with Gasteiger partial charge in [0.05, 0.1) is 15.6 Å². The zero-order valence-electron chi connectivity index (χ0n) is 9.46. The van der Waals surface area contributed by atoms with Crippen molar-refractivity contribution in [3.63, 3.8) is 0 Å². The lowest BCUT2D eigenvalue weighted by molar-refractivity contribution is -0.137. The van der Waals surface area contributed by atoms with Gasteiger partial charge in [0.2, 0.25) is 0 Å². The quantitative estimate of drug-likeness (QED) is 0.441. The molecule has 118 valence electrons. The molecule has 0 fully saturated rings. The van der Waals surface area contributed by atoms with Crippen molar-refractivity contribution in [1.82, 2.24) is 0 Å². The Hall–Kier alpha value is -0.730. The Morgan fingerprint density at radius 2 is 1.43 bits per heavy atom. The van der Waals surface area contributed by atoms with Gasteiger partial charge in [0, 0.05) is 0 Å². The molecule has 0 amide bonds. The highest BCUT2D eigenvalue weighted by molar-refractivity contribution is 6.67. The van der Waals surface area contributed by atoms with Crippen molar-refractivity contribution >= 4 is 45.7 Å². The molecule has 0 unspecified atom stereocenters. The van der Waals surface area contributed by atoms with Crippen LogP contribution in [0.5, 0.6) is 0 Å². The minimum absolute atomic E-state index is 0.358. The van der Waals surface area contributed by atoms with Crippen LogP contribution in [0.2, 0.25) is 10.0 Å². The van der Waals surface area contributed by atoms with E-state index < -0.39 is 45.0 Å². The molecule has 1 aromatic rings. The van der Waals surface area contributed by atoms with E-state index in [4.69, 9.17) is 34.8 Å². The van der Waals surface area contributed by atoms with Crippen LogP contribution in [-0.2, 0) is 6.18 Å². The Kier molecular flexibility index (Phi) is 5.39. The number of aliphatic imine (C=N–C) groups is 1. The SMILES string of the molecule is FC(F)C(F)(F)C(Cl)=Nc1c(Cl)cc(C(F)(F)F)cc1Cl. The van der Waals surface area contributed by atoms with Gasteiger partial charge in [-0.3, -0.25) is 0 Å². The molecule has 0 bridgehead atoms. The van der Waals surface area contributed by atoms with Crippen molar-refractivity contribution in [3.8, 4) is 0 Å². The molecule has 0 saturated heterocycles. The molecule has 11 heteroatoms. The predicted molar refractivity (Wildman–Crippen MR) is 65.4 cm³/mol. The Bertz CT molecular complexity index is 545. The van der Waals surface area contributed by atoms with Gasteiger partial charge in [0.15, 0.2) is 5.17 Å². The second kappa shape index (κ2) is 6.18. The van der Waals surface area contributed by atoms with Gasteiger partial charge in [-0.05, 0) is 12.1 Å². The third-order valence-electron chi connectivity index (χ3n) is 2.10. The summed E-state index contributed by atoms with van der Waals surface area (Å²) in [5.74, 6) is -4.78. The van der Waals surface area contributed by atoms with Crippen LogP contribution < -0.4 is 0 Å². The molecule has 0 N–H and O–H groups in total. The van der Waals surface area contributed by atoms with E-state index in [0.29, 0.717) is 12.1 Å². The maximum absolute atomic E-state index is 12.9. The largest absolute Gasteiger partial charge is 0.416 e. The lowest BCUT2D eigenvalue weighted by Gasteiger charge is -2.14. The fourth-order valence-electron chi connectivity index (χ4n) is 1.10. The highest BCUT2D eigenvalue weighted by Gasteiger charge is 2.46. The van der Waals surface area contributed by atoms with Gasteiger partial charge in [-0.1, -0.05) is 34.8 Å². The van der Waals surface area contributed by atoms with Gasteiger partial charge in [-0.15, -0.1) is 0 Å². The van der Waals surface area contributed by atoms with Crippen molar-refractivity contribution in [2.75, 3.05) is 0 Å². The van der Waals surface area contributed by atoms with E-state index in [2.05, 4.69) is 4.99 Å². The molecule has 0 aliphatic rings. The number of nitrogens with zero attached hydrogens (tertiary/aromatic N) is 1. The Labute approximate surface area is 128 Å². The van der Waals surface area contributed by atoms with Gasteiger partial charge in [-0.2, -0.15) is 22.0 Å². The van der Waals surface area contributed by atoms with Gasteiger partial charge < -0.3 is 0 Å². The first kappa shape index (κ1) is 18.3. The molecule has 0 aliphatic carbocycles. The van der Waals surface area contributed by atoms with Crippen molar-refractivity contribution < 1.29 is 30.7 Å². The van der Waals surface area contributed by atoms with E-state index in [1.165, 1.54) is 0 Å². The summed E-state index contributed by atoms with van der Waals surface area (Å²) in [4.78, 5) is 2.90. The van der Waals surface area contributed by atoms with Crippen molar-refractivity contribution in [1.29, 1.82) is 0 Å². The highest BCUT2D eigenvalue weighted by atomic mass is 35.5. The summed E-state index contributed by atoms with van der Waals surface area (Å²) in [7, 11) is 0. The molecule has 0 aliphatic heterocycles. The summed E-state index contributed by atoms with van der Waals surface area (Å²) in [6.45, 7) is 0. The van der Waals surface area contributed by atoms with Crippen molar-refractivity contribution in [2.45, 2.75) is 18.5 Å². The monoisotopic (exact) mass is 375 g/mol. The van der Waals surface area contributed by atoms with Gasteiger partial charge in [0.25, 0.3) is 0 Å².